The van der Waals surface area contributed by atoms with E-state index in [1.54, 1.807) is 11.1 Å². The van der Waals surface area contributed by atoms with Crippen LogP contribution in [0, 0.1) is 40.4 Å². The van der Waals surface area contributed by atoms with Gasteiger partial charge in [-0.15, -0.1) is 0 Å². The molecular formula is C29H42. The molecule has 5 aliphatic carbocycles. The summed E-state index contributed by atoms with van der Waals surface area (Å²) in [7, 11) is 0. The average molecular weight is 391 g/mol. The molecule has 2 saturated carbocycles. The Morgan fingerprint density at radius 1 is 1.07 bits per heavy atom. The molecule has 0 aromatic rings. The molecule has 0 heteroatoms. The summed E-state index contributed by atoms with van der Waals surface area (Å²) in [5.74, 6) is 4.58. The smallest absolute Gasteiger partial charge is 0.00936 e. The molecular weight excluding hydrogens is 348 g/mol. The third-order valence-electron chi connectivity index (χ3n) is 10.7. The summed E-state index contributed by atoms with van der Waals surface area (Å²) in [6.45, 7) is 14.3. The molecule has 0 aromatic carbocycles. The van der Waals surface area contributed by atoms with Gasteiger partial charge in [0, 0.05) is 5.41 Å². The van der Waals surface area contributed by atoms with E-state index in [-0.39, 0.29) is 0 Å². The molecule has 0 amide bonds. The predicted molar refractivity (Wildman–Crippen MR) is 125 cm³/mol. The molecule has 0 saturated heterocycles. The fourth-order valence-corrected chi connectivity index (χ4v) is 8.79. The van der Waals surface area contributed by atoms with Gasteiger partial charge in [0.2, 0.25) is 0 Å². The maximum Gasteiger partial charge on any atom is 0.00936 e. The van der Waals surface area contributed by atoms with Gasteiger partial charge in [0.15, 0.2) is 0 Å². The van der Waals surface area contributed by atoms with Crippen LogP contribution in [-0.2, 0) is 0 Å². The van der Waals surface area contributed by atoms with Gasteiger partial charge < -0.3 is 0 Å². The Morgan fingerprint density at radius 2 is 1.90 bits per heavy atom. The lowest BCUT2D eigenvalue weighted by Crippen LogP contribution is -2.48. The van der Waals surface area contributed by atoms with Crippen molar-refractivity contribution in [3.8, 4) is 0 Å². The minimum Gasteiger partial charge on any atom is -0.0956 e. The van der Waals surface area contributed by atoms with Crippen molar-refractivity contribution in [1.29, 1.82) is 0 Å². The molecule has 0 radical (unpaired) electrons. The molecule has 7 atom stereocenters. The van der Waals surface area contributed by atoms with Gasteiger partial charge in [-0.25, -0.2) is 0 Å². The first-order valence-electron chi connectivity index (χ1n) is 12.5. The lowest BCUT2D eigenvalue weighted by molar-refractivity contribution is -0.0270. The topological polar surface area (TPSA) is 0 Å². The second-order valence-corrected chi connectivity index (χ2v) is 11.9. The monoisotopic (exact) mass is 390 g/mol. The zero-order valence-corrected chi connectivity index (χ0v) is 19.4. The lowest BCUT2D eigenvalue weighted by atomic mass is 9.48. The standard InChI is InChI=1S/C29H42/c1-19-16-22(17-20(2)21(19)3)18-24-10-12-26-25-11-9-23-8-6-7-14-28(23,4)27(25)13-15-29(24,26)5/h7,9,14,22,24-27H,1,6,8,10-13,15-18H2,2-5H3. The van der Waals surface area contributed by atoms with Crippen molar-refractivity contribution in [2.45, 2.75) is 91.9 Å². The highest BCUT2D eigenvalue weighted by molar-refractivity contribution is 5.34. The van der Waals surface area contributed by atoms with Crippen LogP contribution in [0.2, 0.25) is 0 Å². The summed E-state index contributed by atoms with van der Waals surface area (Å²) in [5, 5.41) is 0. The van der Waals surface area contributed by atoms with Gasteiger partial charge in [-0.2, -0.15) is 0 Å². The highest BCUT2D eigenvalue weighted by atomic mass is 14.6. The highest BCUT2D eigenvalue weighted by Crippen LogP contribution is 2.66. The van der Waals surface area contributed by atoms with Crippen LogP contribution in [0.5, 0.6) is 0 Å². The maximum atomic E-state index is 4.40. The van der Waals surface area contributed by atoms with E-state index >= 15 is 0 Å². The average Bonchev–Trinajstić information content (AvgIpc) is 3.02. The van der Waals surface area contributed by atoms with Gasteiger partial charge in [-0.05, 0) is 119 Å². The van der Waals surface area contributed by atoms with Crippen LogP contribution in [0.1, 0.15) is 91.9 Å². The van der Waals surface area contributed by atoms with E-state index in [0.717, 1.165) is 29.6 Å². The summed E-state index contributed by atoms with van der Waals surface area (Å²) >= 11 is 0. The molecule has 7 unspecified atom stereocenters. The van der Waals surface area contributed by atoms with E-state index in [2.05, 4.69) is 52.5 Å². The zero-order valence-electron chi connectivity index (χ0n) is 19.4. The third kappa shape index (κ3) is 2.99. The summed E-state index contributed by atoms with van der Waals surface area (Å²) in [4.78, 5) is 0. The summed E-state index contributed by atoms with van der Waals surface area (Å²) in [6.07, 6.45) is 21.7. The van der Waals surface area contributed by atoms with Crippen molar-refractivity contribution in [2.24, 2.45) is 40.4 Å². The molecule has 158 valence electrons. The van der Waals surface area contributed by atoms with Crippen molar-refractivity contribution < 1.29 is 0 Å². The molecule has 29 heavy (non-hydrogen) atoms. The summed E-state index contributed by atoms with van der Waals surface area (Å²) in [6, 6.07) is 0. The summed E-state index contributed by atoms with van der Waals surface area (Å²) in [5.41, 5.74) is 7.27. The number of allylic oxidation sites excluding steroid dienone is 7. The number of fused-ring (bicyclic) bond motifs is 5. The number of rotatable bonds is 2. The lowest BCUT2D eigenvalue weighted by Gasteiger charge is -2.56. The van der Waals surface area contributed by atoms with Crippen molar-refractivity contribution in [2.75, 3.05) is 0 Å². The van der Waals surface area contributed by atoms with E-state index in [1.165, 1.54) is 75.4 Å². The zero-order chi connectivity index (χ0) is 20.4. The second kappa shape index (κ2) is 7.00. The molecule has 0 aromatic heterocycles. The Labute approximate surface area is 179 Å². The molecule has 2 fully saturated rings. The van der Waals surface area contributed by atoms with E-state index in [4.69, 9.17) is 0 Å². The van der Waals surface area contributed by atoms with E-state index in [9.17, 15) is 0 Å². The molecule has 0 nitrogen and oxygen atoms in total. The molecule has 0 aliphatic heterocycles. The molecule has 0 N–H and O–H groups in total. The molecule has 0 spiro atoms. The van der Waals surface area contributed by atoms with Crippen LogP contribution in [0.15, 0.2) is 47.1 Å². The summed E-state index contributed by atoms with van der Waals surface area (Å²) < 4.78 is 0. The Morgan fingerprint density at radius 3 is 2.69 bits per heavy atom. The Bertz CT molecular complexity index is 791. The van der Waals surface area contributed by atoms with Crippen molar-refractivity contribution in [1.82, 2.24) is 0 Å². The first kappa shape index (κ1) is 19.9. The van der Waals surface area contributed by atoms with Gasteiger partial charge in [0.05, 0.1) is 0 Å². The Hall–Kier alpha value is -1.04. The van der Waals surface area contributed by atoms with Crippen LogP contribution < -0.4 is 0 Å². The molecule has 0 heterocycles. The molecule has 5 aliphatic rings. The maximum absolute atomic E-state index is 4.40. The first-order valence-corrected chi connectivity index (χ1v) is 12.5. The van der Waals surface area contributed by atoms with Crippen LogP contribution >= 0.6 is 0 Å². The SMILES string of the molecule is C=C1CC(CC2CCC3C4CC=C5CCC=CC5(C)C4CCC23C)CC(C)=C1C. The minimum absolute atomic E-state index is 0.376. The van der Waals surface area contributed by atoms with E-state index < -0.39 is 0 Å². The second-order valence-electron chi connectivity index (χ2n) is 11.9. The predicted octanol–water partition coefficient (Wildman–Crippen LogP) is 8.42. The highest BCUT2D eigenvalue weighted by Gasteiger charge is 2.57. The van der Waals surface area contributed by atoms with Crippen molar-refractivity contribution >= 4 is 0 Å². The van der Waals surface area contributed by atoms with Crippen molar-refractivity contribution in [3.63, 3.8) is 0 Å². The van der Waals surface area contributed by atoms with Gasteiger partial charge in [-0.3, -0.25) is 0 Å². The normalized spacial score (nSPS) is 46.8. The van der Waals surface area contributed by atoms with Crippen LogP contribution in [0.3, 0.4) is 0 Å². The van der Waals surface area contributed by atoms with Gasteiger partial charge >= 0.3 is 0 Å². The fraction of sp³-hybridized carbons (Fsp3) is 0.724. The van der Waals surface area contributed by atoms with Crippen LogP contribution in [-0.4, -0.2) is 0 Å². The largest absolute Gasteiger partial charge is 0.0956 e. The molecule has 5 rings (SSSR count). The quantitative estimate of drug-likeness (QED) is 0.415. The third-order valence-corrected chi connectivity index (χ3v) is 10.7. The number of hydrogen-bond donors (Lipinski definition) is 0. The van der Waals surface area contributed by atoms with Gasteiger partial charge in [-0.1, -0.05) is 55.4 Å². The Kier molecular flexibility index (Phi) is 4.80. The molecule has 0 bridgehead atoms. The Balaban J connectivity index is 1.35. The van der Waals surface area contributed by atoms with E-state index in [1.807, 2.05) is 0 Å². The van der Waals surface area contributed by atoms with Gasteiger partial charge in [0.1, 0.15) is 0 Å². The van der Waals surface area contributed by atoms with Crippen molar-refractivity contribution in [3.05, 3.63) is 47.1 Å². The number of hydrogen-bond acceptors (Lipinski definition) is 0. The van der Waals surface area contributed by atoms with E-state index in [0.29, 0.717) is 10.8 Å². The van der Waals surface area contributed by atoms with Crippen LogP contribution in [0.4, 0.5) is 0 Å². The minimum atomic E-state index is 0.376. The van der Waals surface area contributed by atoms with Crippen LogP contribution in [0.25, 0.3) is 0 Å². The first-order chi connectivity index (χ1) is 13.8. The van der Waals surface area contributed by atoms with Gasteiger partial charge in [0.25, 0.3) is 0 Å². The fourth-order valence-electron chi connectivity index (χ4n) is 8.79.